The van der Waals surface area contributed by atoms with Gasteiger partial charge in [-0.3, -0.25) is 4.79 Å². The van der Waals surface area contributed by atoms with Gasteiger partial charge in [-0.2, -0.15) is 13.2 Å². The van der Waals surface area contributed by atoms with Crippen LogP contribution in [0.4, 0.5) is 26.3 Å². The lowest BCUT2D eigenvalue weighted by atomic mass is 9.88. The van der Waals surface area contributed by atoms with Crippen LogP contribution in [-0.2, 0) is 16.8 Å². The standard InChI is InChI=1S/C28H19F6N3O4/c29-19-6-5-16(41-25-20(30)12-21-17(24(25)31)8-9-35-21)11-18(19)26-36-13-22(37-26)27(40,28(32,33)34)15-3-1-2-14(10-15)4-7-23(38)39/h1-3,5-6,8-13,35,40H,4,7H2,(H,36,37)(H,38,39). The number of ether oxygens (including phenoxy) is 1. The van der Waals surface area contributed by atoms with Crippen molar-refractivity contribution in [3.05, 3.63) is 101 Å². The minimum Gasteiger partial charge on any atom is -0.481 e. The van der Waals surface area contributed by atoms with Gasteiger partial charge in [0.05, 0.1) is 23.0 Å². The molecule has 1 unspecified atom stereocenters. The van der Waals surface area contributed by atoms with Crippen LogP contribution >= 0.6 is 0 Å². The van der Waals surface area contributed by atoms with Gasteiger partial charge in [-0.25, -0.2) is 18.2 Å². The minimum absolute atomic E-state index is 0.0397. The van der Waals surface area contributed by atoms with Crippen LogP contribution < -0.4 is 4.74 Å². The van der Waals surface area contributed by atoms with Crippen LogP contribution in [0.25, 0.3) is 22.3 Å². The van der Waals surface area contributed by atoms with Crippen molar-refractivity contribution in [2.45, 2.75) is 24.6 Å². The minimum atomic E-state index is -5.28. The molecule has 0 bridgehead atoms. The van der Waals surface area contributed by atoms with Crippen molar-refractivity contribution in [2.24, 2.45) is 0 Å². The van der Waals surface area contributed by atoms with Crippen LogP contribution in [0.3, 0.4) is 0 Å². The molecule has 5 rings (SSSR count). The zero-order chi connectivity index (χ0) is 29.5. The number of benzene rings is 3. The number of hydrogen-bond acceptors (Lipinski definition) is 4. The SMILES string of the molecule is O=C(O)CCc1cccc(C(O)(c2cnc(-c3cc(Oc4c(F)cc5[nH]ccc5c4F)ccc3F)[nH]2)C(F)(F)F)c1. The number of aromatic nitrogens is 3. The third kappa shape index (κ3) is 5.11. The summed E-state index contributed by atoms with van der Waals surface area (Å²) in [7, 11) is 0. The number of aryl methyl sites for hydroxylation is 1. The fourth-order valence-electron chi connectivity index (χ4n) is 4.39. The van der Waals surface area contributed by atoms with E-state index in [-0.39, 0.29) is 35.1 Å². The molecular formula is C28H19F6N3O4. The predicted octanol–water partition coefficient (Wildman–Crippen LogP) is 6.58. The van der Waals surface area contributed by atoms with Gasteiger partial charge in [0, 0.05) is 24.1 Å². The Kier molecular flexibility index (Phi) is 6.99. The Morgan fingerprint density at radius 1 is 1.00 bits per heavy atom. The maximum Gasteiger partial charge on any atom is 0.427 e. The van der Waals surface area contributed by atoms with Gasteiger partial charge in [-0.05, 0) is 41.8 Å². The summed E-state index contributed by atoms with van der Waals surface area (Å²) in [5, 5.41) is 19.9. The summed E-state index contributed by atoms with van der Waals surface area (Å²) in [6.07, 6.45) is -3.62. The lowest BCUT2D eigenvalue weighted by molar-refractivity contribution is -0.249. The average molecular weight is 575 g/mol. The van der Waals surface area contributed by atoms with E-state index in [4.69, 9.17) is 9.84 Å². The van der Waals surface area contributed by atoms with Crippen LogP contribution in [0.1, 0.15) is 23.2 Å². The van der Waals surface area contributed by atoms with Gasteiger partial charge >= 0.3 is 12.1 Å². The lowest BCUT2D eigenvalue weighted by Crippen LogP contribution is -2.43. The summed E-state index contributed by atoms with van der Waals surface area (Å²) in [6, 6.07) is 9.99. The number of carboxylic acid groups (broad SMARTS) is 1. The first-order chi connectivity index (χ1) is 19.4. The highest BCUT2D eigenvalue weighted by Crippen LogP contribution is 2.44. The fourth-order valence-corrected chi connectivity index (χ4v) is 4.39. The molecule has 0 aliphatic heterocycles. The quantitative estimate of drug-likeness (QED) is 0.156. The van der Waals surface area contributed by atoms with E-state index >= 15 is 0 Å². The number of halogens is 6. The molecule has 3 aromatic carbocycles. The molecule has 0 spiro atoms. The van der Waals surface area contributed by atoms with E-state index in [0.29, 0.717) is 6.20 Å². The zero-order valence-corrected chi connectivity index (χ0v) is 20.7. The number of nitrogens with one attached hydrogen (secondary N) is 2. The molecule has 2 heterocycles. The summed E-state index contributed by atoms with van der Waals surface area (Å²) >= 11 is 0. The van der Waals surface area contributed by atoms with Crippen molar-refractivity contribution in [1.82, 2.24) is 15.0 Å². The Morgan fingerprint density at radius 3 is 2.51 bits per heavy atom. The molecule has 5 aromatic rings. The summed E-state index contributed by atoms with van der Waals surface area (Å²) in [5.74, 6) is -5.63. The highest BCUT2D eigenvalue weighted by molar-refractivity contribution is 5.82. The van der Waals surface area contributed by atoms with Crippen LogP contribution in [0.2, 0.25) is 0 Å². The second kappa shape index (κ2) is 10.3. The molecule has 13 heteroatoms. The largest absolute Gasteiger partial charge is 0.481 e. The first-order valence-corrected chi connectivity index (χ1v) is 12.0. The number of hydrogen-bond donors (Lipinski definition) is 4. The molecule has 0 fully saturated rings. The third-order valence-electron chi connectivity index (χ3n) is 6.46. The van der Waals surface area contributed by atoms with Crippen LogP contribution in [0.15, 0.2) is 67.0 Å². The van der Waals surface area contributed by atoms with E-state index in [0.717, 1.165) is 36.4 Å². The number of aliphatic carboxylic acids is 1. The van der Waals surface area contributed by atoms with Gasteiger partial charge in [0.1, 0.15) is 17.4 Å². The molecule has 2 aromatic heterocycles. The molecule has 4 N–H and O–H groups in total. The number of rotatable bonds is 8. The molecule has 212 valence electrons. The van der Waals surface area contributed by atoms with Gasteiger partial charge in [0.25, 0.3) is 0 Å². The molecule has 0 aliphatic rings. The first kappa shape index (κ1) is 27.8. The third-order valence-corrected chi connectivity index (χ3v) is 6.46. The van der Waals surface area contributed by atoms with Crippen LogP contribution in [0.5, 0.6) is 11.5 Å². The zero-order valence-electron chi connectivity index (χ0n) is 20.7. The molecular weight excluding hydrogens is 556 g/mol. The number of H-pyrrole nitrogens is 2. The highest BCUT2D eigenvalue weighted by atomic mass is 19.4. The van der Waals surface area contributed by atoms with Crippen molar-refractivity contribution in [3.8, 4) is 22.9 Å². The Balaban J connectivity index is 1.51. The van der Waals surface area contributed by atoms with E-state index in [2.05, 4.69) is 15.0 Å². The van der Waals surface area contributed by atoms with Crippen molar-refractivity contribution >= 4 is 16.9 Å². The Labute approximate surface area is 227 Å². The number of aromatic amines is 2. The number of nitrogens with zero attached hydrogens (tertiary/aromatic N) is 1. The monoisotopic (exact) mass is 575 g/mol. The molecule has 7 nitrogen and oxygen atoms in total. The number of fused-ring (bicyclic) bond motifs is 1. The maximum atomic E-state index is 14.8. The first-order valence-electron chi connectivity index (χ1n) is 12.0. The molecule has 0 amide bonds. The smallest absolute Gasteiger partial charge is 0.427 e. The number of carboxylic acids is 1. The van der Waals surface area contributed by atoms with Crippen molar-refractivity contribution in [2.75, 3.05) is 0 Å². The number of imidazole rings is 1. The normalized spacial score (nSPS) is 13.3. The summed E-state index contributed by atoms with van der Waals surface area (Å²) in [4.78, 5) is 19.6. The van der Waals surface area contributed by atoms with Crippen molar-refractivity contribution in [1.29, 1.82) is 0 Å². The van der Waals surface area contributed by atoms with Crippen molar-refractivity contribution < 1.29 is 46.1 Å². The van der Waals surface area contributed by atoms with E-state index < -0.39 is 63.6 Å². The van der Waals surface area contributed by atoms with Crippen molar-refractivity contribution in [3.63, 3.8) is 0 Å². The molecule has 0 saturated carbocycles. The van der Waals surface area contributed by atoms with E-state index in [9.17, 15) is 36.2 Å². The number of carbonyl (C=O) groups is 1. The van der Waals surface area contributed by atoms with Gasteiger partial charge < -0.3 is 24.9 Å². The summed E-state index contributed by atoms with van der Waals surface area (Å²) in [5.41, 5.74) is -5.08. The predicted molar refractivity (Wildman–Crippen MR) is 134 cm³/mol. The number of alkyl halides is 3. The number of aliphatic hydroxyl groups is 1. The second-order valence-electron chi connectivity index (χ2n) is 9.13. The Morgan fingerprint density at radius 2 is 1.78 bits per heavy atom. The van der Waals surface area contributed by atoms with Gasteiger partial charge in [-0.1, -0.05) is 24.3 Å². The molecule has 41 heavy (non-hydrogen) atoms. The fraction of sp³-hybridized carbons (Fsp3) is 0.143. The lowest BCUT2D eigenvalue weighted by Gasteiger charge is -2.30. The van der Waals surface area contributed by atoms with E-state index in [1.165, 1.54) is 24.4 Å². The topological polar surface area (TPSA) is 111 Å². The van der Waals surface area contributed by atoms with Crippen LogP contribution in [0, 0.1) is 17.5 Å². The van der Waals surface area contributed by atoms with E-state index in [1.807, 2.05) is 0 Å². The molecule has 1 atom stereocenters. The molecule has 0 aliphatic carbocycles. The summed E-state index contributed by atoms with van der Waals surface area (Å²) in [6.45, 7) is 0. The molecule has 0 radical (unpaired) electrons. The maximum absolute atomic E-state index is 14.8. The Bertz CT molecular complexity index is 1760. The second-order valence-corrected chi connectivity index (χ2v) is 9.13. The summed E-state index contributed by atoms with van der Waals surface area (Å²) < 4.78 is 92.5. The average Bonchev–Trinajstić information content (AvgIpc) is 3.60. The highest BCUT2D eigenvalue weighted by Gasteiger charge is 2.57. The van der Waals surface area contributed by atoms with Gasteiger partial charge in [0.2, 0.25) is 5.60 Å². The Hall–Kier alpha value is -4.78. The van der Waals surface area contributed by atoms with Gasteiger partial charge in [-0.15, -0.1) is 0 Å². The van der Waals surface area contributed by atoms with Crippen LogP contribution in [-0.4, -0.2) is 37.3 Å². The van der Waals surface area contributed by atoms with Gasteiger partial charge in [0.15, 0.2) is 17.4 Å². The molecule has 0 saturated heterocycles. The van der Waals surface area contributed by atoms with E-state index in [1.54, 1.807) is 0 Å².